The standard InChI is InChI=1S/C9H6F3NOS/c1-4-6(14)7-5(2-3-15-7)13-8(4)9(10,11)12/h2-3H,1H3,(H,13,14). The predicted octanol–water partition coefficient (Wildman–Crippen LogP) is 2.92. The molecule has 0 bridgehead atoms. The molecule has 2 rings (SSSR count). The molecular formula is C9H6F3NOS. The monoisotopic (exact) mass is 233 g/mol. The van der Waals surface area contributed by atoms with Crippen molar-refractivity contribution in [1.82, 2.24) is 4.98 Å². The van der Waals surface area contributed by atoms with E-state index in [0.717, 1.165) is 11.3 Å². The lowest BCUT2D eigenvalue weighted by Gasteiger charge is -2.09. The van der Waals surface area contributed by atoms with Crippen LogP contribution in [-0.4, -0.2) is 4.98 Å². The molecule has 0 saturated carbocycles. The first kappa shape index (κ1) is 10.2. The van der Waals surface area contributed by atoms with Crippen molar-refractivity contribution in [1.29, 1.82) is 0 Å². The first-order valence-electron chi connectivity index (χ1n) is 4.08. The minimum absolute atomic E-state index is 0.239. The summed E-state index contributed by atoms with van der Waals surface area (Å²) in [7, 11) is 0. The van der Waals surface area contributed by atoms with Crippen LogP contribution >= 0.6 is 11.3 Å². The normalized spacial score (nSPS) is 12.3. The van der Waals surface area contributed by atoms with Gasteiger partial charge in [-0.05, 0) is 18.4 Å². The van der Waals surface area contributed by atoms with Crippen LogP contribution in [0.15, 0.2) is 16.2 Å². The van der Waals surface area contributed by atoms with E-state index in [4.69, 9.17) is 0 Å². The van der Waals surface area contributed by atoms with E-state index < -0.39 is 17.3 Å². The molecule has 0 aliphatic carbocycles. The molecule has 0 radical (unpaired) electrons. The number of aromatic amines is 1. The Kier molecular flexibility index (Phi) is 2.11. The lowest BCUT2D eigenvalue weighted by Crippen LogP contribution is -2.17. The fourth-order valence-electron chi connectivity index (χ4n) is 1.38. The molecule has 0 unspecified atom stereocenters. The summed E-state index contributed by atoms with van der Waals surface area (Å²) < 4.78 is 37.8. The number of fused-ring (bicyclic) bond motifs is 1. The average Bonchev–Trinajstić information content (AvgIpc) is 2.57. The number of hydrogen-bond donors (Lipinski definition) is 1. The summed E-state index contributed by atoms with van der Waals surface area (Å²) in [5.74, 6) is 0. The molecule has 0 atom stereocenters. The van der Waals surface area contributed by atoms with E-state index in [1.54, 1.807) is 5.38 Å². The van der Waals surface area contributed by atoms with Gasteiger partial charge >= 0.3 is 6.18 Å². The zero-order chi connectivity index (χ0) is 11.2. The van der Waals surface area contributed by atoms with Gasteiger partial charge in [0.05, 0.1) is 10.2 Å². The molecule has 2 aromatic heterocycles. The fraction of sp³-hybridized carbons (Fsp3) is 0.222. The van der Waals surface area contributed by atoms with Crippen LogP contribution in [0.2, 0.25) is 0 Å². The van der Waals surface area contributed by atoms with Gasteiger partial charge in [-0.25, -0.2) is 0 Å². The van der Waals surface area contributed by atoms with E-state index in [0.29, 0.717) is 4.70 Å². The predicted molar refractivity (Wildman–Crippen MR) is 52.2 cm³/mol. The zero-order valence-corrected chi connectivity index (χ0v) is 8.42. The van der Waals surface area contributed by atoms with Crippen LogP contribution in [0.5, 0.6) is 0 Å². The van der Waals surface area contributed by atoms with Crippen molar-refractivity contribution in [2.45, 2.75) is 13.1 Å². The van der Waals surface area contributed by atoms with Crippen molar-refractivity contribution < 1.29 is 13.2 Å². The fourth-order valence-corrected chi connectivity index (χ4v) is 2.23. The summed E-state index contributed by atoms with van der Waals surface area (Å²) in [6.07, 6.45) is -4.51. The topological polar surface area (TPSA) is 32.9 Å². The van der Waals surface area contributed by atoms with Crippen molar-refractivity contribution in [3.63, 3.8) is 0 Å². The van der Waals surface area contributed by atoms with Crippen LogP contribution in [0.25, 0.3) is 10.2 Å². The summed E-state index contributed by atoms with van der Waals surface area (Å²) in [6.45, 7) is 1.18. The second kappa shape index (κ2) is 3.10. The number of rotatable bonds is 0. The average molecular weight is 233 g/mol. The van der Waals surface area contributed by atoms with E-state index in [9.17, 15) is 18.0 Å². The quantitative estimate of drug-likeness (QED) is 0.745. The van der Waals surface area contributed by atoms with Crippen molar-refractivity contribution in [2.75, 3.05) is 0 Å². The van der Waals surface area contributed by atoms with Crippen molar-refractivity contribution in [3.05, 3.63) is 32.9 Å². The summed E-state index contributed by atoms with van der Waals surface area (Å²) in [4.78, 5) is 13.8. The third-order valence-electron chi connectivity index (χ3n) is 2.13. The maximum atomic E-state index is 12.5. The second-order valence-electron chi connectivity index (χ2n) is 3.12. The van der Waals surface area contributed by atoms with Crippen molar-refractivity contribution in [3.8, 4) is 0 Å². The molecule has 2 heterocycles. The molecule has 0 aliphatic rings. The molecule has 0 saturated heterocycles. The summed E-state index contributed by atoms with van der Waals surface area (Å²) in [6, 6.07) is 1.47. The lowest BCUT2D eigenvalue weighted by molar-refractivity contribution is -0.141. The Morgan fingerprint density at radius 1 is 1.40 bits per heavy atom. The minimum atomic E-state index is -4.51. The Labute approximate surface area is 86.4 Å². The van der Waals surface area contributed by atoms with Gasteiger partial charge in [-0.2, -0.15) is 13.2 Å². The summed E-state index contributed by atoms with van der Waals surface area (Å²) in [5, 5.41) is 1.59. The van der Waals surface area contributed by atoms with E-state index in [2.05, 4.69) is 4.98 Å². The van der Waals surface area contributed by atoms with Gasteiger partial charge in [0.15, 0.2) is 0 Å². The van der Waals surface area contributed by atoms with Crippen molar-refractivity contribution in [2.24, 2.45) is 0 Å². The molecule has 0 spiro atoms. The van der Waals surface area contributed by atoms with Crippen LogP contribution < -0.4 is 5.43 Å². The molecule has 0 amide bonds. The Hall–Kier alpha value is -1.30. The van der Waals surface area contributed by atoms with E-state index in [1.165, 1.54) is 13.0 Å². The van der Waals surface area contributed by atoms with E-state index in [1.807, 2.05) is 0 Å². The van der Waals surface area contributed by atoms with Gasteiger partial charge in [-0.3, -0.25) is 4.79 Å². The Bertz CT molecular complexity index is 567. The summed E-state index contributed by atoms with van der Waals surface area (Å²) in [5.41, 5.74) is -1.55. The third-order valence-corrected chi connectivity index (χ3v) is 3.04. The number of alkyl halides is 3. The second-order valence-corrected chi connectivity index (χ2v) is 4.03. The highest BCUT2D eigenvalue weighted by Crippen LogP contribution is 2.30. The zero-order valence-electron chi connectivity index (χ0n) is 7.61. The number of hydrogen-bond acceptors (Lipinski definition) is 2. The maximum absolute atomic E-state index is 12.5. The maximum Gasteiger partial charge on any atom is 0.431 e. The third kappa shape index (κ3) is 1.54. The molecule has 0 aromatic carbocycles. The minimum Gasteiger partial charge on any atom is -0.350 e. The smallest absolute Gasteiger partial charge is 0.350 e. The molecule has 2 nitrogen and oxygen atoms in total. The number of pyridine rings is 1. The molecule has 2 aromatic rings. The van der Waals surface area contributed by atoms with Gasteiger partial charge in [-0.1, -0.05) is 0 Å². The van der Waals surface area contributed by atoms with Gasteiger partial charge in [0.25, 0.3) is 0 Å². The van der Waals surface area contributed by atoms with Gasteiger partial charge in [-0.15, -0.1) is 11.3 Å². The number of aromatic nitrogens is 1. The summed E-state index contributed by atoms with van der Waals surface area (Å²) >= 11 is 1.14. The molecule has 15 heavy (non-hydrogen) atoms. The Balaban J connectivity index is 2.88. The van der Waals surface area contributed by atoms with Gasteiger partial charge in [0.2, 0.25) is 5.43 Å². The largest absolute Gasteiger partial charge is 0.431 e. The lowest BCUT2D eigenvalue weighted by atomic mass is 10.2. The highest BCUT2D eigenvalue weighted by molar-refractivity contribution is 7.17. The highest BCUT2D eigenvalue weighted by atomic mass is 32.1. The Morgan fingerprint density at radius 2 is 2.07 bits per heavy atom. The number of H-pyrrole nitrogens is 1. The molecule has 80 valence electrons. The number of halogens is 3. The Morgan fingerprint density at radius 3 is 2.67 bits per heavy atom. The van der Waals surface area contributed by atoms with E-state index in [-0.39, 0.29) is 11.1 Å². The van der Waals surface area contributed by atoms with Crippen LogP contribution in [0.4, 0.5) is 13.2 Å². The van der Waals surface area contributed by atoms with E-state index >= 15 is 0 Å². The first-order chi connectivity index (χ1) is 6.91. The molecule has 1 N–H and O–H groups in total. The molecule has 0 aliphatic heterocycles. The first-order valence-corrected chi connectivity index (χ1v) is 4.96. The van der Waals surface area contributed by atoms with Crippen LogP contribution in [0.3, 0.4) is 0 Å². The molecule has 0 fully saturated rings. The van der Waals surface area contributed by atoms with Crippen LogP contribution in [0, 0.1) is 6.92 Å². The molecular weight excluding hydrogens is 227 g/mol. The van der Waals surface area contributed by atoms with Gasteiger partial charge in [0, 0.05) is 5.56 Å². The van der Waals surface area contributed by atoms with Gasteiger partial charge < -0.3 is 4.98 Å². The molecule has 6 heteroatoms. The van der Waals surface area contributed by atoms with Crippen LogP contribution in [0.1, 0.15) is 11.3 Å². The highest BCUT2D eigenvalue weighted by Gasteiger charge is 2.34. The van der Waals surface area contributed by atoms with Crippen molar-refractivity contribution >= 4 is 21.6 Å². The SMILES string of the molecule is Cc1c(C(F)(F)F)[nH]c2ccsc2c1=O. The van der Waals surface area contributed by atoms with Crippen LogP contribution in [-0.2, 0) is 6.18 Å². The number of nitrogens with one attached hydrogen (secondary N) is 1. The number of thiophene rings is 1. The van der Waals surface area contributed by atoms with Gasteiger partial charge in [0.1, 0.15) is 5.69 Å².